The molecule has 3 rings (SSSR count). The second-order valence-electron chi connectivity index (χ2n) is 5.02. The number of hydrogen-bond acceptors (Lipinski definition) is 3. The number of hydrogen-bond donors (Lipinski definition) is 1. The summed E-state index contributed by atoms with van der Waals surface area (Å²) in [7, 11) is 0. The fourth-order valence-electron chi connectivity index (χ4n) is 2.31. The lowest BCUT2D eigenvalue weighted by atomic mass is 10.1. The molecule has 0 saturated heterocycles. The largest absolute Gasteiger partial charge is 0.454 e. The third kappa shape index (κ3) is 2.94. The molecule has 2 aromatic carbocycles. The lowest BCUT2D eigenvalue weighted by molar-refractivity contribution is -0.138. The predicted molar refractivity (Wildman–Crippen MR) is 76.7 cm³/mol. The lowest BCUT2D eigenvalue weighted by Gasteiger charge is -2.13. The van der Waals surface area contributed by atoms with E-state index >= 15 is 0 Å². The molecule has 4 nitrogen and oxygen atoms in total. The van der Waals surface area contributed by atoms with Crippen LogP contribution >= 0.6 is 0 Å². The number of halogens is 3. The zero-order valence-electron chi connectivity index (χ0n) is 12.0. The van der Waals surface area contributed by atoms with Crippen molar-refractivity contribution in [3.05, 3.63) is 53.1 Å². The van der Waals surface area contributed by atoms with Crippen LogP contribution in [0.4, 0.5) is 18.9 Å². The minimum absolute atomic E-state index is 0.00236. The maximum atomic E-state index is 12.9. The molecule has 1 heterocycles. The number of fused-ring (bicyclic) bond motifs is 1. The van der Waals surface area contributed by atoms with E-state index in [-0.39, 0.29) is 29.4 Å². The van der Waals surface area contributed by atoms with Crippen LogP contribution in [-0.2, 0) is 6.18 Å². The van der Waals surface area contributed by atoms with E-state index in [9.17, 15) is 18.0 Å². The molecule has 0 fully saturated rings. The van der Waals surface area contributed by atoms with Crippen LogP contribution < -0.4 is 14.8 Å². The van der Waals surface area contributed by atoms with Gasteiger partial charge in [-0.25, -0.2) is 0 Å². The van der Waals surface area contributed by atoms with E-state index in [1.54, 1.807) is 12.1 Å². The highest BCUT2D eigenvalue weighted by molar-refractivity contribution is 6.06. The van der Waals surface area contributed by atoms with Gasteiger partial charge < -0.3 is 14.8 Å². The van der Waals surface area contributed by atoms with Crippen molar-refractivity contribution in [2.45, 2.75) is 13.1 Å². The Morgan fingerprint density at radius 3 is 2.70 bits per heavy atom. The standard InChI is InChI=1S/C16H12F3NO3/c1-9-5-6-10(7-12(9)16(17,18)19)20-15(21)11-3-2-4-13-14(11)23-8-22-13/h2-7H,8H2,1H3,(H,20,21). The molecule has 1 aliphatic rings. The Morgan fingerprint density at radius 1 is 1.17 bits per heavy atom. The van der Waals surface area contributed by atoms with Crippen molar-refractivity contribution in [1.82, 2.24) is 0 Å². The molecule has 23 heavy (non-hydrogen) atoms. The monoisotopic (exact) mass is 323 g/mol. The van der Waals surface area contributed by atoms with Crippen LogP contribution in [0.3, 0.4) is 0 Å². The van der Waals surface area contributed by atoms with E-state index in [0.29, 0.717) is 5.75 Å². The first kappa shape index (κ1) is 15.2. The van der Waals surface area contributed by atoms with Gasteiger partial charge in [0.15, 0.2) is 11.5 Å². The smallest absolute Gasteiger partial charge is 0.416 e. The molecule has 0 spiro atoms. The number of amides is 1. The number of rotatable bonds is 2. The van der Waals surface area contributed by atoms with Crippen molar-refractivity contribution in [2.24, 2.45) is 0 Å². The molecule has 120 valence electrons. The molecular formula is C16H12F3NO3. The minimum atomic E-state index is -4.48. The van der Waals surface area contributed by atoms with E-state index in [4.69, 9.17) is 9.47 Å². The summed E-state index contributed by atoms with van der Waals surface area (Å²) in [6.07, 6.45) is -4.48. The summed E-state index contributed by atoms with van der Waals surface area (Å²) >= 11 is 0. The highest BCUT2D eigenvalue weighted by Crippen LogP contribution is 2.36. The summed E-state index contributed by atoms with van der Waals surface area (Å²) in [5, 5.41) is 2.45. The highest BCUT2D eigenvalue weighted by atomic mass is 19.4. The molecular weight excluding hydrogens is 311 g/mol. The number of alkyl halides is 3. The van der Waals surface area contributed by atoms with Crippen LogP contribution in [0.1, 0.15) is 21.5 Å². The maximum Gasteiger partial charge on any atom is 0.416 e. The predicted octanol–water partition coefficient (Wildman–Crippen LogP) is 3.99. The number of para-hydroxylation sites is 1. The number of carbonyl (C=O) groups is 1. The summed E-state index contributed by atoms with van der Waals surface area (Å²) < 4.78 is 49.1. The average Bonchev–Trinajstić information content (AvgIpc) is 2.96. The second-order valence-corrected chi connectivity index (χ2v) is 5.02. The Hall–Kier alpha value is -2.70. The highest BCUT2D eigenvalue weighted by Gasteiger charge is 2.32. The number of ether oxygens (including phenoxy) is 2. The van der Waals surface area contributed by atoms with Crippen molar-refractivity contribution in [3.8, 4) is 11.5 Å². The van der Waals surface area contributed by atoms with Crippen LogP contribution in [0.15, 0.2) is 36.4 Å². The van der Waals surface area contributed by atoms with Crippen molar-refractivity contribution in [2.75, 3.05) is 12.1 Å². The third-order valence-corrected chi connectivity index (χ3v) is 3.44. The molecule has 0 aliphatic carbocycles. The van der Waals surface area contributed by atoms with Crippen LogP contribution in [0, 0.1) is 6.92 Å². The first-order valence-corrected chi connectivity index (χ1v) is 6.74. The molecule has 1 amide bonds. The van der Waals surface area contributed by atoms with Gasteiger partial charge in [-0.3, -0.25) is 4.79 Å². The van der Waals surface area contributed by atoms with Gasteiger partial charge in [-0.1, -0.05) is 12.1 Å². The number of anilines is 1. The molecule has 1 aliphatic heterocycles. The van der Waals surface area contributed by atoms with Crippen LogP contribution in [0.2, 0.25) is 0 Å². The van der Waals surface area contributed by atoms with Gasteiger partial charge in [0.2, 0.25) is 6.79 Å². The summed E-state index contributed by atoms with van der Waals surface area (Å²) in [6.45, 7) is 1.37. The lowest BCUT2D eigenvalue weighted by Crippen LogP contribution is -2.14. The SMILES string of the molecule is Cc1ccc(NC(=O)c2cccc3c2OCO3)cc1C(F)(F)F. The van der Waals surface area contributed by atoms with Gasteiger partial charge in [-0.2, -0.15) is 13.2 Å². The first-order chi connectivity index (χ1) is 10.9. The molecule has 2 aromatic rings. The second kappa shape index (κ2) is 5.49. The summed E-state index contributed by atoms with van der Waals surface area (Å²) in [5.74, 6) is 0.148. The fourth-order valence-corrected chi connectivity index (χ4v) is 2.31. The number of carbonyl (C=O) groups excluding carboxylic acids is 1. The van der Waals surface area contributed by atoms with E-state index < -0.39 is 17.6 Å². The van der Waals surface area contributed by atoms with Gasteiger partial charge in [0.1, 0.15) is 0 Å². The molecule has 0 bridgehead atoms. The van der Waals surface area contributed by atoms with Gasteiger partial charge in [-0.05, 0) is 36.8 Å². The molecule has 0 unspecified atom stereocenters. The van der Waals surface area contributed by atoms with Crippen molar-refractivity contribution in [1.29, 1.82) is 0 Å². The topological polar surface area (TPSA) is 47.6 Å². The summed E-state index contributed by atoms with van der Waals surface area (Å²) in [5.41, 5.74) is -0.431. The zero-order valence-corrected chi connectivity index (χ0v) is 12.0. The Labute approximate surface area is 129 Å². The molecule has 0 atom stereocenters. The summed E-state index contributed by atoms with van der Waals surface area (Å²) in [4.78, 5) is 12.3. The third-order valence-electron chi connectivity index (χ3n) is 3.44. The zero-order chi connectivity index (χ0) is 16.6. The molecule has 7 heteroatoms. The Kier molecular flexibility index (Phi) is 3.63. The van der Waals surface area contributed by atoms with Crippen molar-refractivity contribution >= 4 is 11.6 Å². The quantitative estimate of drug-likeness (QED) is 0.909. The molecule has 0 aromatic heterocycles. The molecule has 1 N–H and O–H groups in total. The van der Waals surface area contributed by atoms with Gasteiger partial charge in [-0.15, -0.1) is 0 Å². The normalized spacial score (nSPS) is 13.0. The Morgan fingerprint density at radius 2 is 1.96 bits per heavy atom. The van der Waals surface area contributed by atoms with Gasteiger partial charge in [0, 0.05) is 5.69 Å². The van der Waals surface area contributed by atoms with Crippen LogP contribution in [-0.4, -0.2) is 12.7 Å². The number of nitrogens with one attached hydrogen (secondary N) is 1. The first-order valence-electron chi connectivity index (χ1n) is 6.74. The van der Waals surface area contributed by atoms with E-state index in [0.717, 1.165) is 6.07 Å². The number of benzene rings is 2. The molecule has 0 saturated carbocycles. The van der Waals surface area contributed by atoms with Gasteiger partial charge in [0.25, 0.3) is 5.91 Å². The average molecular weight is 323 g/mol. The summed E-state index contributed by atoms with van der Waals surface area (Å²) in [6, 6.07) is 8.41. The van der Waals surface area contributed by atoms with Gasteiger partial charge in [0.05, 0.1) is 11.1 Å². The van der Waals surface area contributed by atoms with Crippen LogP contribution in [0.5, 0.6) is 11.5 Å². The van der Waals surface area contributed by atoms with Crippen molar-refractivity contribution < 1.29 is 27.4 Å². The minimum Gasteiger partial charge on any atom is -0.454 e. The number of aryl methyl sites for hydroxylation is 1. The Bertz CT molecular complexity index is 772. The van der Waals surface area contributed by atoms with Crippen molar-refractivity contribution in [3.63, 3.8) is 0 Å². The van der Waals surface area contributed by atoms with Gasteiger partial charge >= 0.3 is 6.18 Å². The Balaban J connectivity index is 1.88. The fraction of sp³-hybridized carbons (Fsp3) is 0.188. The van der Waals surface area contributed by atoms with E-state index in [1.807, 2.05) is 0 Å². The van der Waals surface area contributed by atoms with E-state index in [2.05, 4.69) is 5.32 Å². The van der Waals surface area contributed by atoms with Crippen LogP contribution in [0.25, 0.3) is 0 Å². The maximum absolute atomic E-state index is 12.9. The molecule has 0 radical (unpaired) electrons. The van der Waals surface area contributed by atoms with E-state index in [1.165, 1.54) is 25.1 Å².